The molecule has 0 saturated carbocycles. The summed E-state index contributed by atoms with van der Waals surface area (Å²) >= 11 is 1.54. The van der Waals surface area contributed by atoms with Crippen LogP contribution in [0.1, 0.15) is 17.5 Å². The number of hydrogen-bond donors (Lipinski definition) is 1. The Morgan fingerprint density at radius 3 is 2.85 bits per heavy atom. The highest BCUT2D eigenvalue weighted by atomic mass is 32.2. The molecule has 27 heavy (non-hydrogen) atoms. The van der Waals surface area contributed by atoms with Gasteiger partial charge in [0.05, 0.1) is 18.0 Å². The number of anilines is 1. The van der Waals surface area contributed by atoms with Gasteiger partial charge in [-0.25, -0.2) is 0 Å². The number of ether oxygens (including phenoxy) is 1. The maximum Gasteiger partial charge on any atom is 0.237 e. The largest absolute Gasteiger partial charge is 0.491 e. The highest BCUT2D eigenvalue weighted by Crippen LogP contribution is 2.34. The van der Waals surface area contributed by atoms with Crippen LogP contribution in [0.3, 0.4) is 0 Å². The lowest BCUT2D eigenvalue weighted by atomic mass is 10.1. The van der Waals surface area contributed by atoms with Crippen molar-refractivity contribution in [2.45, 2.75) is 25.2 Å². The molecule has 1 aliphatic heterocycles. The monoisotopic (exact) mass is 384 g/mol. The molecule has 0 bridgehead atoms. The molecule has 0 atom stereocenters. The molecule has 0 aliphatic carbocycles. The Bertz CT molecular complexity index is 838. The Morgan fingerprint density at radius 1 is 1.22 bits per heavy atom. The van der Waals surface area contributed by atoms with Crippen molar-refractivity contribution >= 4 is 29.3 Å². The first-order valence-electron chi connectivity index (χ1n) is 9.03. The van der Waals surface area contributed by atoms with Gasteiger partial charge >= 0.3 is 0 Å². The van der Waals surface area contributed by atoms with E-state index < -0.39 is 0 Å². The average molecular weight is 385 g/mol. The molecule has 0 radical (unpaired) electrons. The van der Waals surface area contributed by atoms with Crippen molar-refractivity contribution in [3.8, 4) is 5.75 Å². The highest BCUT2D eigenvalue weighted by Gasteiger charge is 2.24. The van der Waals surface area contributed by atoms with Crippen molar-refractivity contribution < 1.29 is 14.3 Å². The fraction of sp³-hybridized carbons (Fsp3) is 0.333. The molecule has 0 aromatic heterocycles. The molecule has 0 saturated heterocycles. The van der Waals surface area contributed by atoms with Crippen molar-refractivity contribution in [2.24, 2.45) is 0 Å². The zero-order chi connectivity index (χ0) is 19.2. The van der Waals surface area contributed by atoms with Crippen LogP contribution < -0.4 is 15.0 Å². The van der Waals surface area contributed by atoms with Crippen molar-refractivity contribution in [2.75, 3.05) is 30.3 Å². The van der Waals surface area contributed by atoms with Crippen molar-refractivity contribution in [3.63, 3.8) is 0 Å². The van der Waals surface area contributed by atoms with Crippen LogP contribution in [-0.2, 0) is 9.59 Å². The number of para-hydroxylation sites is 1. The number of carbonyl (C=O) groups is 2. The molecule has 2 aromatic rings. The summed E-state index contributed by atoms with van der Waals surface area (Å²) in [5.74, 6) is 1.22. The van der Waals surface area contributed by atoms with Gasteiger partial charge < -0.3 is 15.0 Å². The lowest BCUT2D eigenvalue weighted by Crippen LogP contribution is -2.39. The fourth-order valence-electron chi connectivity index (χ4n) is 3.01. The van der Waals surface area contributed by atoms with Gasteiger partial charge in [-0.3, -0.25) is 9.59 Å². The number of nitrogens with zero attached hydrogens (tertiary/aromatic N) is 1. The van der Waals surface area contributed by atoms with Crippen LogP contribution in [0, 0.1) is 13.8 Å². The molecule has 0 fully saturated rings. The number of carbonyl (C=O) groups excluding carboxylic acids is 2. The summed E-state index contributed by atoms with van der Waals surface area (Å²) in [5, 5.41) is 2.86. The van der Waals surface area contributed by atoms with Gasteiger partial charge in [0.1, 0.15) is 12.4 Å². The van der Waals surface area contributed by atoms with E-state index in [-0.39, 0.29) is 18.2 Å². The third-order valence-corrected chi connectivity index (χ3v) is 5.43. The fourth-order valence-corrected chi connectivity index (χ4v) is 3.95. The van der Waals surface area contributed by atoms with Gasteiger partial charge in [0.15, 0.2) is 0 Å². The van der Waals surface area contributed by atoms with Gasteiger partial charge in [-0.2, -0.15) is 0 Å². The SMILES string of the molecule is Cc1ccc(OCCNC(=O)CCN2C(=O)CSc3ccccc32)c(C)c1. The topological polar surface area (TPSA) is 58.6 Å². The van der Waals surface area contributed by atoms with E-state index in [0.717, 1.165) is 21.9 Å². The third kappa shape index (κ3) is 5.04. The van der Waals surface area contributed by atoms with Gasteiger partial charge in [-0.15, -0.1) is 11.8 Å². The molecule has 1 aliphatic rings. The normalized spacial score (nSPS) is 13.3. The minimum absolute atomic E-state index is 0.0460. The summed E-state index contributed by atoms with van der Waals surface area (Å²) in [7, 11) is 0. The third-order valence-electron chi connectivity index (χ3n) is 4.38. The van der Waals surface area contributed by atoms with E-state index in [4.69, 9.17) is 4.74 Å². The maximum absolute atomic E-state index is 12.2. The zero-order valence-electron chi connectivity index (χ0n) is 15.7. The van der Waals surface area contributed by atoms with Crippen LogP contribution >= 0.6 is 11.8 Å². The summed E-state index contributed by atoms with van der Waals surface area (Å²) in [5.41, 5.74) is 3.17. The van der Waals surface area contributed by atoms with Crippen LogP contribution in [0.5, 0.6) is 5.75 Å². The Kier molecular flexibility index (Phi) is 6.40. The molecule has 2 aromatic carbocycles. The Hall–Kier alpha value is -2.47. The summed E-state index contributed by atoms with van der Waals surface area (Å²) in [6.07, 6.45) is 0.272. The van der Waals surface area contributed by atoms with E-state index >= 15 is 0 Å². The summed E-state index contributed by atoms with van der Waals surface area (Å²) < 4.78 is 5.72. The Labute approximate surface area is 164 Å². The van der Waals surface area contributed by atoms with Crippen molar-refractivity contribution in [1.82, 2.24) is 5.32 Å². The lowest BCUT2D eigenvalue weighted by Gasteiger charge is -2.28. The van der Waals surface area contributed by atoms with Gasteiger partial charge in [-0.05, 0) is 37.6 Å². The minimum atomic E-state index is -0.0808. The number of nitrogens with one attached hydrogen (secondary N) is 1. The van der Waals surface area contributed by atoms with Crippen molar-refractivity contribution in [1.29, 1.82) is 0 Å². The van der Waals surface area contributed by atoms with Gasteiger partial charge in [-0.1, -0.05) is 29.8 Å². The van der Waals surface area contributed by atoms with E-state index in [1.165, 1.54) is 5.56 Å². The molecule has 5 nitrogen and oxygen atoms in total. The highest BCUT2D eigenvalue weighted by molar-refractivity contribution is 8.00. The molecule has 1 N–H and O–H groups in total. The molecular formula is C21H24N2O3S. The Balaban J connectivity index is 1.43. The van der Waals surface area contributed by atoms with Crippen LogP contribution in [0.25, 0.3) is 0 Å². The summed E-state index contributed by atoms with van der Waals surface area (Å²) in [6.45, 7) is 5.29. The molecule has 0 spiro atoms. The van der Waals surface area contributed by atoms with Crippen LogP contribution in [0.2, 0.25) is 0 Å². The van der Waals surface area contributed by atoms with E-state index in [1.807, 2.05) is 50.2 Å². The molecule has 1 heterocycles. The Morgan fingerprint density at radius 2 is 2.04 bits per heavy atom. The number of amides is 2. The van der Waals surface area contributed by atoms with Crippen molar-refractivity contribution in [3.05, 3.63) is 53.6 Å². The van der Waals surface area contributed by atoms with Crippen LogP contribution in [0.4, 0.5) is 5.69 Å². The summed E-state index contributed by atoms with van der Waals surface area (Å²) in [6, 6.07) is 13.8. The van der Waals surface area contributed by atoms with E-state index in [2.05, 4.69) is 11.4 Å². The number of hydrogen-bond acceptors (Lipinski definition) is 4. The van der Waals surface area contributed by atoms with E-state index in [0.29, 0.717) is 25.4 Å². The second-order valence-corrected chi connectivity index (χ2v) is 7.54. The van der Waals surface area contributed by atoms with E-state index in [9.17, 15) is 9.59 Å². The summed E-state index contributed by atoms with van der Waals surface area (Å²) in [4.78, 5) is 27.1. The number of fused-ring (bicyclic) bond motifs is 1. The first kappa shape index (κ1) is 19.3. The number of aryl methyl sites for hydroxylation is 2. The molecule has 3 rings (SSSR count). The first-order valence-corrected chi connectivity index (χ1v) is 10.0. The minimum Gasteiger partial charge on any atom is -0.491 e. The van der Waals surface area contributed by atoms with Crippen LogP contribution in [0.15, 0.2) is 47.4 Å². The zero-order valence-corrected chi connectivity index (χ0v) is 16.5. The second kappa shape index (κ2) is 8.95. The van der Waals surface area contributed by atoms with Gasteiger partial charge in [0.25, 0.3) is 0 Å². The first-order chi connectivity index (χ1) is 13.0. The van der Waals surface area contributed by atoms with E-state index in [1.54, 1.807) is 16.7 Å². The van der Waals surface area contributed by atoms with Gasteiger partial charge in [0, 0.05) is 17.9 Å². The molecule has 0 unspecified atom stereocenters. The average Bonchev–Trinajstić information content (AvgIpc) is 2.66. The number of thioether (sulfide) groups is 1. The molecule has 6 heteroatoms. The quantitative estimate of drug-likeness (QED) is 0.744. The second-order valence-electron chi connectivity index (χ2n) is 6.52. The standard InChI is InChI=1S/C21H24N2O3S/c1-15-7-8-18(16(2)13-15)26-12-10-22-20(24)9-11-23-17-5-3-4-6-19(17)27-14-21(23)25/h3-8,13H,9-12,14H2,1-2H3,(H,22,24). The maximum atomic E-state index is 12.2. The number of rotatable bonds is 7. The predicted molar refractivity (Wildman–Crippen MR) is 109 cm³/mol. The molecule has 142 valence electrons. The number of benzene rings is 2. The molecular weight excluding hydrogens is 360 g/mol. The molecule has 2 amide bonds. The lowest BCUT2D eigenvalue weighted by molar-refractivity contribution is -0.121. The van der Waals surface area contributed by atoms with Crippen LogP contribution in [-0.4, -0.2) is 37.3 Å². The predicted octanol–water partition coefficient (Wildman–Crippen LogP) is 3.33. The smallest absolute Gasteiger partial charge is 0.237 e. The van der Waals surface area contributed by atoms with Gasteiger partial charge in [0.2, 0.25) is 11.8 Å².